The van der Waals surface area contributed by atoms with Crippen LogP contribution in [0, 0.1) is 17.0 Å². The predicted octanol–water partition coefficient (Wildman–Crippen LogP) is 3.43. The monoisotopic (exact) mass is 435 g/mol. The molecular weight excluding hydrogens is 420 g/mol. The van der Waals surface area contributed by atoms with Crippen molar-refractivity contribution in [3.8, 4) is 10.6 Å². The molecule has 13 heteroatoms. The number of amides is 2. The second kappa shape index (κ2) is 7.74. The molecule has 0 unspecified atom stereocenters. The summed E-state index contributed by atoms with van der Waals surface area (Å²) in [5.74, 6) is -0.180. The number of aryl methyl sites for hydroxylation is 1. The Kier molecular flexibility index (Phi) is 5.11. The van der Waals surface area contributed by atoms with Gasteiger partial charge in [0.05, 0.1) is 39.3 Å². The Morgan fingerprint density at radius 2 is 2.20 bits per heavy atom. The van der Waals surface area contributed by atoms with Crippen LogP contribution in [0.25, 0.3) is 10.6 Å². The van der Waals surface area contributed by atoms with E-state index in [1.165, 1.54) is 34.6 Å². The zero-order chi connectivity index (χ0) is 21.4. The molecule has 0 atom stereocenters. The van der Waals surface area contributed by atoms with E-state index in [1.54, 1.807) is 6.20 Å². The number of halogens is 2. The molecule has 0 aromatic carbocycles. The van der Waals surface area contributed by atoms with Crippen LogP contribution >= 0.6 is 11.3 Å². The zero-order valence-electron chi connectivity index (χ0n) is 15.6. The van der Waals surface area contributed by atoms with E-state index >= 15 is 0 Å². The molecule has 1 aliphatic rings. The van der Waals surface area contributed by atoms with Gasteiger partial charge in [0.15, 0.2) is 0 Å². The largest absolute Gasteiger partial charge is 0.323 e. The summed E-state index contributed by atoms with van der Waals surface area (Å²) in [4.78, 5) is 33.9. The van der Waals surface area contributed by atoms with Crippen LogP contribution in [0.5, 0.6) is 0 Å². The number of pyridine rings is 1. The van der Waals surface area contributed by atoms with E-state index in [1.807, 2.05) is 6.92 Å². The number of nitrogens with one attached hydrogen (secondary N) is 1. The minimum Gasteiger partial charge on any atom is -0.314 e. The van der Waals surface area contributed by atoms with Crippen molar-refractivity contribution in [1.82, 2.24) is 24.6 Å². The summed E-state index contributed by atoms with van der Waals surface area (Å²) < 4.78 is 26.1. The highest BCUT2D eigenvalue weighted by Crippen LogP contribution is 2.30. The van der Waals surface area contributed by atoms with Crippen molar-refractivity contribution in [1.29, 1.82) is 0 Å². The van der Waals surface area contributed by atoms with Crippen LogP contribution in [0.15, 0.2) is 24.5 Å². The molecule has 0 bridgehead atoms. The molecule has 4 heterocycles. The second-order valence-electron chi connectivity index (χ2n) is 6.57. The molecular formula is C17H15F2N7O3S. The highest BCUT2D eigenvalue weighted by atomic mass is 32.1. The van der Waals surface area contributed by atoms with E-state index in [9.17, 15) is 23.7 Å². The summed E-state index contributed by atoms with van der Waals surface area (Å²) in [6.45, 7) is 1.58. The number of urea groups is 1. The van der Waals surface area contributed by atoms with Crippen LogP contribution in [0.3, 0.4) is 0 Å². The van der Waals surface area contributed by atoms with Crippen molar-refractivity contribution in [2.45, 2.75) is 33.0 Å². The minimum atomic E-state index is -2.52. The normalized spacial score (nSPS) is 13.0. The van der Waals surface area contributed by atoms with Gasteiger partial charge in [-0.2, -0.15) is 5.10 Å². The van der Waals surface area contributed by atoms with E-state index in [-0.39, 0.29) is 24.6 Å². The Hall–Kier alpha value is -3.48. The van der Waals surface area contributed by atoms with Gasteiger partial charge < -0.3 is 4.90 Å². The summed E-state index contributed by atoms with van der Waals surface area (Å²) in [5, 5.41) is 18.7. The number of nitrogens with zero attached hydrogens (tertiary/aromatic N) is 6. The number of fused-ring (bicyclic) bond motifs is 1. The Balaban J connectivity index is 1.52. The van der Waals surface area contributed by atoms with E-state index in [2.05, 4.69) is 20.4 Å². The first-order valence-electron chi connectivity index (χ1n) is 8.77. The number of nitro groups is 1. The highest BCUT2D eigenvalue weighted by molar-refractivity contribution is 7.15. The third-order valence-corrected chi connectivity index (χ3v) is 5.34. The molecule has 4 rings (SSSR count). The van der Waals surface area contributed by atoms with Crippen LogP contribution in [-0.4, -0.2) is 42.0 Å². The lowest BCUT2D eigenvalue weighted by molar-refractivity contribution is -0.384. The summed E-state index contributed by atoms with van der Waals surface area (Å²) in [7, 11) is 0. The van der Waals surface area contributed by atoms with Crippen molar-refractivity contribution < 1.29 is 18.5 Å². The molecule has 0 radical (unpaired) electrons. The Labute approximate surface area is 172 Å². The molecule has 0 spiro atoms. The summed E-state index contributed by atoms with van der Waals surface area (Å²) >= 11 is 1.38. The van der Waals surface area contributed by atoms with Crippen molar-refractivity contribution in [3.63, 3.8) is 0 Å². The average Bonchev–Trinajstić information content (AvgIpc) is 3.35. The maximum absolute atomic E-state index is 12.7. The number of hydrogen-bond donors (Lipinski definition) is 1. The molecule has 3 aromatic heterocycles. The smallest absolute Gasteiger partial charge is 0.314 e. The number of carbonyl (C=O) groups excluding carboxylic acids is 1. The lowest BCUT2D eigenvalue weighted by Crippen LogP contribution is -2.31. The van der Waals surface area contributed by atoms with Gasteiger partial charge >= 0.3 is 11.7 Å². The van der Waals surface area contributed by atoms with Crippen molar-refractivity contribution in [2.75, 3.05) is 5.32 Å². The fourth-order valence-corrected chi connectivity index (χ4v) is 3.82. The Bertz CT molecular complexity index is 1110. The fourth-order valence-electron chi connectivity index (χ4n) is 3.08. The number of thiazole rings is 1. The van der Waals surface area contributed by atoms with E-state index < -0.39 is 23.9 Å². The standard InChI is InChI=1S/C17H15F2N7O3S/c1-9-20-4-14(30-9)11-2-3-13(26(28)29)16(21-11)22-17(27)24-5-10-6-25(8-15(18)19)23-12(10)7-24/h2-4,6,15H,5,7-8H2,1H3,(H,21,22,27). The molecule has 10 nitrogen and oxygen atoms in total. The van der Waals surface area contributed by atoms with Gasteiger partial charge in [-0.05, 0) is 13.0 Å². The Morgan fingerprint density at radius 3 is 2.83 bits per heavy atom. The van der Waals surface area contributed by atoms with Gasteiger partial charge in [0, 0.05) is 24.0 Å². The van der Waals surface area contributed by atoms with Crippen LogP contribution in [0.2, 0.25) is 0 Å². The van der Waals surface area contributed by atoms with Gasteiger partial charge in [-0.3, -0.25) is 20.1 Å². The van der Waals surface area contributed by atoms with Crippen molar-refractivity contribution in [3.05, 3.63) is 50.9 Å². The first-order valence-corrected chi connectivity index (χ1v) is 9.59. The molecule has 2 amide bonds. The first kappa shape index (κ1) is 19.8. The summed E-state index contributed by atoms with van der Waals surface area (Å²) in [6.07, 6.45) is 0.560. The van der Waals surface area contributed by atoms with Gasteiger partial charge in [0.25, 0.3) is 6.43 Å². The van der Waals surface area contributed by atoms with Crippen LogP contribution in [-0.2, 0) is 19.6 Å². The van der Waals surface area contributed by atoms with Crippen molar-refractivity contribution >= 4 is 28.9 Å². The number of rotatable bonds is 5. The second-order valence-corrected chi connectivity index (χ2v) is 7.80. The number of carbonyl (C=O) groups is 1. The van der Waals surface area contributed by atoms with E-state index in [0.29, 0.717) is 21.8 Å². The molecule has 1 N–H and O–H groups in total. The van der Waals surface area contributed by atoms with Crippen LogP contribution < -0.4 is 5.32 Å². The number of alkyl halides is 2. The molecule has 3 aromatic rings. The van der Waals surface area contributed by atoms with Gasteiger partial charge in [0.2, 0.25) is 5.82 Å². The lowest BCUT2D eigenvalue weighted by Gasteiger charge is -2.16. The molecule has 1 aliphatic heterocycles. The number of hydrogen-bond acceptors (Lipinski definition) is 7. The minimum absolute atomic E-state index is 0.110. The summed E-state index contributed by atoms with van der Waals surface area (Å²) in [6, 6.07) is 2.18. The maximum Gasteiger partial charge on any atom is 0.323 e. The van der Waals surface area contributed by atoms with Gasteiger partial charge in [-0.15, -0.1) is 11.3 Å². The molecule has 0 saturated carbocycles. The number of anilines is 1. The highest BCUT2D eigenvalue weighted by Gasteiger charge is 2.29. The van der Waals surface area contributed by atoms with E-state index in [0.717, 1.165) is 9.69 Å². The van der Waals surface area contributed by atoms with Crippen molar-refractivity contribution in [2.24, 2.45) is 0 Å². The quantitative estimate of drug-likeness (QED) is 0.484. The Morgan fingerprint density at radius 1 is 1.40 bits per heavy atom. The first-order chi connectivity index (χ1) is 14.3. The van der Waals surface area contributed by atoms with Crippen LogP contribution in [0.1, 0.15) is 16.3 Å². The fraction of sp³-hybridized carbons (Fsp3) is 0.294. The van der Waals surface area contributed by atoms with Gasteiger partial charge in [0.1, 0.15) is 6.54 Å². The zero-order valence-corrected chi connectivity index (χ0v) is 16.4. The SMILES string of the molecule is Cc1ncc(-c2ccc([N+](=O)[O-])c(NC(=O)N3Cc4cn(CC(F)F)nc4C3)n2)s1. The summed E-state index contributed by atoms with van der Waals surface area (Å²) in [5.41, 5.74) is 1.28. The predicted molar refractivity (Wildman–Crippen MR) is 103 cm³/mol. The number of aromatic nitrogens is 4. The third-order valence-electron chi connectivity index (χ3n) is 4.41. The molecule has 0 aliphatic carbocycles. The maximum atomic E-state index is 12.7. The van der Waals surface area contributed by atoms with E-state index in [4.69, 9.17) is 0 Å². The molecule has 0 saturated heterocycles. The van der Waals surface area contributed by atoms with Gasteiger partial charge in [-0.25, -0.2) is 23.5 Å². The average molecular weight is 435 g/mol. The van der Waals surface area contributed by atoms with Gasteiger partial charge in [-0.1, -0.05) is 0 Å². The topological polar surface area (TPSA) is 119 Å². The molecule has 156 valence electrons. The molecule has 0 fully saturated rings. The lowest BCUT2D eigenvalue weighted by atomic mass is 10.3. The molecule has 30 heavy (non-hydrogen) atoms. The van der Waals surface area contributed by atoms with Crippen LogP contribution in [0.4, 0.5) is 25.1 Å². The third kappa shape index (κ3) is 3.96.